The first-order valence-electron chi connectivity index (χ1n) is 9.69. The third-order valence-electron chi connectivity index (χ3n) is 4.58. The summed E-state index contributed by atoms with van der Waals surface area (Å²) in [6, 6.07) is 11.5. The number of rotatable bonds is 8. The van der Waals surface area contributed by atoms with E-state index in [-0.39, 0.29) is 17.0 Å². The normalized spacial score (nSPS) is 11.2. The molecular formula is C21H28N4O4S. The average Bonchev–Trinajstić information content (AvgIpc) is 2.72. The van der Waals surface area contributed by atoms with Crippen LogP contribution in [0.25, 0.3) is 0 Å². The summed E-state index contributed by atoms with van der Waals surface area (Å²) in [4.78, 5) is 24.4. The number of hydrazine groups is 1. The maximum absolute atomic E-state index is 12.6. The Balaban J connectivity index is 1.97. The molecule has 0 spiro atoms. The van der Waals surface area contributed by atoms with Crippen LogP contribution < -0.4 is 16.2 Å². The van der Waals surface area contributed by atoms with Gasteiger partial charge in [0.05, 0.1) is 11.4 Å². The summed E-state index contributed by atoms with van der Waals surface area (Å²) < 4.78 is 26.6. The van der Waals surface area contributed by atoms with Gasteiger partial charge < -0.3 is 5.32 Å². The highest BCUT2D eigenvalue weighted by Crippen LogP contribution is 2.17. The molecule has 2 aromatic rings. The molecule has 0 aromatic heterocycles. The molecule has 0 heterocycles. The molecule has 0 aliphatic heterocycles. The minimum atomic E-state index is -3.68. The summed E-state index contributed by atoms with van der Waals surface area (Å²) in [5.74, 6) is -1.04. The first-order chi connectivity index (χ1) is 14.2. The van der Waals surface area contributed by atoms with Crippen LogP contribution in [-0.4, -0.2) is 44.2 Å². The molecule has 0 saturated heterocycles. The van der Waals surface area contributed by atoms with Crippen LogP contribution >= 0.6 is 0 Å². The van der Waals surface area contributed by atoms with Crippen molar-refractivity contribution < 1.29 is 18.0 Å². The van der Waals surface area contributed by atoms with E-state index in [1.165, 1.54) is 28.6 Å². The molecule has 2 amide bonds. The number of sulfonamides is 1. The number of anilines is 1. The number of hydrogen-bond donors (Lipinski definition) is 3. The zero-order chi connectivity index (χ0) is 22.3. The highest BCUT2D eigenvalue weighted by Gasteiger charge is 2.22. The van der Waals surface area contributed by atoms with Gasteiger partial charge in [-0.15, -0.1) is 0 Å². The van der Waals surface area contributed by atoms with Crippen molar-refractivity contribution in [3.05, 3.63) is 59.2 Å². The van der Waals surface area contributed by atoms with E-state index in [9.17, 15) is 18.0 Å². The molecule has 0 aliphatic rings. The minimum absolute atomic E-state index is 0.0272. The van der Waals surface area contributed by atoms with E-state index in [2.05, 4.69) is 16.2 Å². The Labute approximate surface area is 177 Å². The van der Waals surface area contributed by atoms with Gasteiger partial charge in [-0.2, -0.15) is 4.31 Å². The van der Waals surface area contributed by atoms with Crippen LogP contribution in [0, 0.1) is 13.8 Å². The third-order valence-corrected chi connectivity index (χ3v) is 6.62. The smallest absolute Gasteiger partial charge is 0.269 e. The Morgan fingerprint density at radius 3 is 2.30 bits per heavy atom. The number of nitrogens with one attached hydrogen (secondary N) is 3. The van der Waals surface area contributed by atoms with E-state index in [4.69, 9.17) is 0 Å². The number of nitrogens with zero attached hydrogens (tertiary/aromatic N) is 1. The fourth-order valence-electron chi connectivity index (χ4n) is 2.94. The Kier molecular flexibility index (Phi) is 7.96. The second-order valence-electron chi connectivity index (χ2n) is 6.79. The molecular weight excluding hydrogens is 404 g/mol. The SMILES string of the molecule is CCN(CC)S(=O)(=O)c1cccc(C(=O)NNC(=O)CNc2ccc(C)cc2C)c1. The summed E-state index contributed by atoms with van der Waals surface area (Å²) >= 11 is 0. The Morgan fingerprint density at radius 1 is 0.967 bits per heavy atom. The molecule has 162 valence electrons. The molecule has 3 N–H and O–H groups in total. The predicted octanol–water partition coefficient (Wildman–Crippen LogP) is 2.21. The van der Waals surface area contributed by atoms with Gasteiger partial charge in [0.15, 0.2) is 0 Å². The summed E-state index contributed by atoms with van der Waals surface area (Å²) in [5, 5.41) is 3.01. The second kappa shape index (κ2) is 10.2. The lowest BCUT2D eigenvalue weighted by atomic mass is 10.1. The van der Waals surface area contributed by atoms with Crippen molar-refractivity contribution in [3.63, 3.8) is 0 Å². The number of amides is 2. The van der Waals surface area contributed by atoms with Crippen molar-refractivity contribution in [2.24, 2.45) is 0 Å². The van der Waals surface area contributed by atoms with Crippen LogP contribution in [0.5, 0.6) is 0 Å². The van der Waals surface area contributed by atoms with Gasteiger partial charge in [-0.3, -0.25) is 20.4 Å². The Bertz CT molecular complexity index is 1020. The second-order valence-corrected chi connectivity index (χ2v) is 8.73. The monoisotopic (exact) mass is 432 g/mol. The van der Waals surface area contributed by atoms with Crippen molar-refractivity contribution in [2.45, 2.75) is 32.6 Å². The van der Waals surface area contributed by atoms with Gasteiger partial charge in [-0.05, 0) is 43.7 Å². The zero-order valence-electron chi connectivity index (χ0n) is 17.7. The van der Waals surface area contributed by atoms with Gasteiger partial charge in [0.25, 0.3) is 11.8 Å². The summed E-state index contributed by atoms with van der Waals surface area (Å²) in [7, 11) is -3.68. The Hall–Kier alpha value is -2.91. The largest absolute Gasteiger partial charge is 0.376 e. The van der Waals surface area contributed by atoms with E-state index >= 15 is 0 Å². The first kappa shape index (κ1) is 23.4. The third kappa shape index (κ3) is 5.80. The van der Waals surface area contributed by atoms with Gasteiger partial charge >= 0.3 is 0 Å². The van der Waals surface area contributed by atoms with Crippen LogP contribution in [-0.2, 0) is 14.8 Å². The molecule has 0 atom stereocenters. The van der Waals surface area contributed by atoms with Gasteiger partial charge in [0, 0.05) is 24.3 Å². The highest BCUT2D eigenvalue weighted by atomic mass is 32.2. The lowest BCUT2D eigenvalue weighted by molar-refractivity contribution is -0.120. The van der Waals surface area contributed by atoms with Crippen molar-refractivity contribution in [1.82, 2.24) is 15.2 Å². The summed E-state index contributed by atoms with van der Waals surface area (Å²) in [6.45, 7) is 8.06. The number of carbonyl (C=O) groups excluding carboxylic acids is 2. The van der Waals surface area contributed by atoms with Crippen molar-refractivity contribution in [2.75, 3.05) is 25.0 Å². The quantitative estimate of drug-likeness (QED) is 0.555. The number of carbonyl (C=O) groups is 2. The molecule has 2 rings (SSSR count). The van der Waals surface area contributed by atoms with Crippen molar-refractivity contribution >= 4 is 27.5 Å². The maximum Gasteiger partial charge on any atom is 0.269 e. The van der Waals surface area contributed by atoms with E-state index < -0.39 is 21.8 Å². The van der Waals surface area contributed by atoms with Crippen molar-refractivity contribution in [3.8, 4) is 0 Å². The fourth-order valence-corrected chi connectivity index (χ4v) is 4.45. The number of hydrogen-bond acceptors (Lipinski definition) is 5. The molecule has 0 radical (unpaired) electrons. The van der Waals surface area contributed by atoms with Crippen LogP contribution in [0.4, 0.5) is 5.69 Å². The molecule has 0 fully saturated rings. The predicted molar refractivity (Wildman–Crippen MR) is 117 cm³/mol. The van der Waals surface area contributed by atoms with Gasteiger partial charge in [0.1, 0.15) is 0 Å². The van der Waals surface area contributed by atoms with Crippen LogP contribution in [0.1, 0.15) is 35.3 Å². The van der Waals surface area contributed by atoms with Crippen molar-refractivity contribution in [1.29, 1.82) is 0 Å². The van der Waals surface area contributed by atoms with Gasteiger partial charge in [0.2, 0.25) is 10.0 Å². The molecule has 0 bridgehead atoms. The molecule has 0 saturated carbocycles. The highest BCUT2D eigenvalue weighted by molar-refractivity contribution is 7.89. The Morgan fingerprint density at radius 2 is 1.67 bits per heavy atom. The molecule has 2 aromatic carbocycles. The lowest BCUT2D eigenvalue weighted by Crippen LogP contribution is -2.44. The van der Waals surface area contributed by atoms with E-state index in [0.717, 1.165) is 16.8 Å². The van der Waals surface area contributed by atoms with E-state index in [0.29, 0.717) is 13.1 Å². The maximum atomic E-state index is 12.6. The first-order valence-corrected chi connectivity index (χ1v) is 11.1. The molecule has 0 unspecified atom stereocenters. The van der Waals surface area contributed by atoms with Crippen LogP contribution in [0.3, 0.4) is 0 Å². The molecule has 0 aliphatic carbocycles. The van der Waals surface area contributed by atoms with E-state index in [1.54, 1.807) is 13.8 Å². The number of aryl methyl sites for hydroxylation is 2. The standard InChI is InChI=1S/C21H28N4O4S/c1-5-25(6-2)30(28,29)18-9-7-8-17(13-18)21(27)24-23-20(26)14-22-19-11-10-15(3)12-16(19)4/h7-13,22H,5-6,14H2,1-4H3,(H,23,26)(H,24,27). The lowest BCUT2D eigenvalue weighted by Gasteiger charge is -2.18. The van der Waals surface area contributed by atoms with Gasteiger partial charge in [-0.25, -0.2) is 8.42 Å². The number of benzene rings is 2. The topological polar surface area (TPSA) is 108 Å². The molecule has 9 heteroatoms. The van der Waals surface area contributed by atoms with Crippen LogP contribution in [0.2, 0.25) is 0 Å². The average molecular weight is 433 g/mol. The molecule has 8 nitrogen and oxygen atoms in total. The van der Waals surface area contributed by atoms with Gasteiger partial charge in [-0.1, -0.05) is 37.6 Å². The molecule has 30 heavy (non-hydrogen) atoms. The van der Waals surface area contributed by atoms with E-state index in [1.807, 2.05) is 32.0 Å². The minimum Gasteiger partial charge on any atom is -0.376 e. The summed E-state index contributed by atoms with van der Waals surface area (Å²) in [6.07, 6.45) is 0. The zero-order valence-corrected chi connectivity index (χ0v) is 18.5. The summed E-state index contributed by atoms with van der Waals surface area (Å²) in [5.41, 5.74) is 7.73. The van der Waals surface area contributed by atoms with Crippen LogP contribution in [0.15, 0.2) is 47.4 Å². The fraction of sp³-hybridized carbons (Fsp3) is 0.333.